The zero-order valence-corrected chi connectivity index (χ0v) is 14.2. The maximum atomic E-state index is 12.3. The molecule has 0 saturated carbocycles. The molecular weight excluding hydrogens is 338 g/mol. The van der Waals surface area contributed by atoms with Crippen molar-refractivity contribution in [3.8, 4) is 0 Å². The number of esters is 1. The van der Waals surface area contributed by atoms with Crippen molar-refractivity contribution < 1.29 is 17.9 Å². The van der Waals surface area contributed by atoms with Crippen LogP contribution in [-0.2, 0) is 14.8 Å². The molecule has 0 aliphatic heterocycles. The van der Waals surface area contributed by atoms with Crippen LogP contribution in [0.4, 0.5) is 5.69 Å². The van der Waals surface area contributed by atoms with E-state index in [4.69, 9.17) is 16.3 Å². The Bertz CT molecular complexity index is 816. The lowest BCUT2D eigenvalue weighted by atomic mass is 10.2. The zero-order valence-electron chi connectivity index (χ0n) is 12.7. The number of nitrogens with one attached hydrogen (secondary N) is 1. The Morgan fingerprint density at radius 1 is 1.17 bits per heavy atom. The number of carbonyl (C=O) groups excluding carboxylic acids is 1. The van der Waals surface area contributed by atoms with E-state index in [0.717, 1.165) is 5.56 Å². The van der Waals surface area contributed by atoms with Crippen LogP contribution in [0.25, 0.3) is 0 Å². The molecule has 2 aromatic rings. The standard InChI is InChI=1S/C16H16ClNO4S/c1-3-22-16(19)12-6-9-15(14(17)10-12)18-23(20,21)13-7-4-11(2)5-8-13/h4-10,18H,3H2,1-2H3. The van der Waals surface area contributed by atoms with Gasteiger partial charge in [0.25, 0.3) is 10.0 Å². The van der Waals surface area contributed by atoms with Crippen LogP contribution in [0.3, 0.4) is 0 Å². The summed E-state index contributed by atoms with van der Waals surface area (Å²) in [4.78, 5) is 11.8. The summed E-state index contributed by atoms with van der Waals surface area (Å²) in [5, 5.41) is 0.117. The van der Waals surface area contributed by atoms with Crippen LogP contribution in [0.5, 0.6) is 0 Å². The number of sulfonamides is 1. The van der Waals surface area contributed by atoms with E-state index < -0.39 is 16.0 Å². The summed E-state index contributed by atoms with van der Waals surface area (Å²) in [5.74, 6) is -0.512. The van der Waals surface area contributed by atoms with Gasteiger partial charge in [-0.05, 0) is 44.2 Å². The average Bonchev–Trinajstić information content (AvgIpc) is 2.50. The molecule has 0 amide bonds. The SMILES string of the molecule is CCOC(=O)c1ccc(NS(=O)(=O)c2ccc(C)cc2)c(Cl)c1. The van der Waals surface area contributed by atoms with Gasteiger partial charge in [0.2, 0.25) is 0 Å². The Morgan fingerprint density at radius 2 is 1.83 bits per heavy atom. The lowest BCUT2D eigenvalue weighted by molar-refractivity contribution is 0.0526. The monoisotopic (exact) mass is 353 g/mol. The van der Waals surface area contributed by atoms with Crippen LogP contribution in [0.1, 0.15) is 22.8 Å². The molecule has 0 heterocycles. The molecule has 0 bridgehead atoms. The lowest BCUT2D eigenvalue weighted by Crippen LogP contribution is -2.13. The van der Waals surface area contributed by atoms with Gasteiger partial charge in [-0.15, -0.1) is 0 Å². The Labute approximate surface area is 140 Å². The average molecular weight is 354 g/mol. The highest BCUT2D eigenvalue weighted by Gasteiger charge is 2.17. The minimum Gasteiger partial charge on any atom is -0.462 e. The van der Waals surface area contributed by atoms with Crippen LogP contribution in [0.2, 0.25) is 5.02 Å². The van der Waals surface area contributed by atoms with Crippen molar-refractivity contribution in [2.45, 2.75) is 18.7 Å². The molecule has 122 valence electrons. The van der Waals surface area contributed by atoms with Crippen LogP contribution in [0, 0.1) is 6.92 Å². The molecule has 7 heteroatoms. The number of carbonyl (C=O) groups is 1. The largest absolute Gasteiger partial charge is 0.462 e. The van der Waals surface area contributed by atoms with E-state index in [0.29, 0.717) is 0 Å². The van der Waals surface area contributed by atoms with Gasteiger partial charge in [0.1, 0.15) is 0 Å². The highest BCUT2D eigenvalue weighted by Crippen LogP contribution is 2.26. The molecule has 0 aliphatic rings. The second-order valence-corrected chi connectivity index (χ2v) is 6.92. The third kappa shape index (κ3) is 4.24. The molecule has 2 rings (SSSR count). The minimum atomic E-state index is -3.75. The van der Waals surface area contributed by atoms with Crippen molar-refractivity contribution in [1.82, 2.24) is 0 Å². The summed E-state index contributed by atoms with van der Waals surface area (Å²) >= 11 is 6.06. The number of ether oxygens (including phenoxy) is 1. The number of benzene rings is 2. The summed E-state index contributed by atoms with van der Waals surface area (Å²) in [6.45, 7) is 3.82. The van der Waals surface area contributed by atoms with Gasteiger partial charge < -0.3 is 4.74 Å². The predicted molar refractivity (Wildman–Crippen MR) is 89.4 cm³/mol. The maximum absolute atomic E-state index is 12.3. The normalized spacial score (nSPS) is 11.1. The molecule has 1 N–H and O–H groups in total. The fourth-order valence-corrected chi connectivity index (χ4v) is 3.22. The molecule has 2 aromatic carbocycles. The maximum Gasteiger partial charge on any atom is 0.338 e. The van der Waals surface area contributed by atoms with Gasteiger partial charge in [0, 0.05) is 0 Å². The van der Waals surface area contributed by atoms with Gasteiger partial charge in [0.15, 0.2) is 0 Å². The van der Waals surface area contributed by atoms with Crippen molar-refractivity contribution in [1.29, 1.82) is 0 Å². The van der Waals surface area contributed by atoms with Crippen LogP contribution in [0.15, 0.2) is 47.4 Å². The molecule has 0 aromatic heterocycles. The number of rotatable bonds is 5. The van der Waals surface area contributed by atoms with E-state index in [9.17, 15) is 13.2 Å². The Kier molecular flexibility index (Phi) is 5.28. The number of hydrogen-bond donors (Lipinski definition) is 1. The smallest absolute Gasteiger partial charge is 0.338 e. The van der Waals surface area contributed by atoms with E-state index in [2.05, 4.69) is 4.72 Å². The minimum absolute atomic E-state index is 0.117. The first-order valence-corrected chi connectivity index (χ1v) is 8.76. The first kappa shape index (κ1) is 17.3. The van der Waals surface area contributed by atoms with Gasteiger partial charge in [-0.25, -0.2) is 13.2 Å². The van der Waals surface area contributed by atoms with Gasteiger partial charge in [-0.3, -0.25) is 4.72 Å². The Hall–Kier alpha value is -2.05. The molecule has 0 saturated heterocycles. The number of hydrogen-bond acceptors (Lipinski definition) is 4. The molecule has 23 heavy (non-hydrogen) atoms. The second kappa shape index (κ2) is 7.02. The first-order valence-electron chi connectivity index (χ1n) is 6.89. The van der Waals surface area contributed by atoms with Crippen LogP contribution < -0.4 is 4.72 Å². The molecule has 0 spiro atoms. The van der Waals surface area contributed by atoms with E-state index >= 15 is 0 Å². The van der Waals surface area contributed by atoms with Gasteiger partial charge in [0.05, 0.1) is 27.8 Å². The number of anilines is 1. The molecule has 0 radical (unpaired) electrons. The summed E-state index contributed by atoms with van der Waals surface area (Å²) in [6.07, 6.45) is 0. The van der Waals surface area contributed by atoms with E-state index in [1.165, 1.54) is 30.3 Å². The van der Waals surface area contributed by atoms with Crippen molar-refractivity contribution in [2.24, 2.45) is 0 Å². The molecule has 5 nitrogen and oxygen atoms in total. The summed E-state index contributed by atoms with van der Waals surface area (Å²) in [5.41, 5.74) is 1.41. The fraction of sp³-hybridized carbons (Fsp3) is 0.188. The summed E-state index contributed by atoms with van der Waals surface area (Å²) < 4.78 is 31.9. The summed E-state index contributed by atoms with van der Waals surface area (Å²) in [7, 11) is -3.75. The fourth-order valence-electron chi connectivity index (χ4n) is 1.86. The van der Waals surface area contributed by atoms with Crippen LogP contribution >= 0.6 is 11.6 Å². The molecule has 0 unspecified atom stereocenters. The lowest BCUT2D eigenvalue weighted by Gasteiger charge is -2.11. The van der Waals surface area contributed by atoms with Crippen molar-refractivity contribution >= 4 is 33.3 Å². The molecule has 0 atom stereocenters. The van der Waals surface area contributed by atoms with Crippen molar-refractivity contribution in [3.63, 3.8) is 0 Å². The van der Waals surface area contributed by atoms with Crippen molar-refractivity contribution in [3.05, 3.63) is 58.6 Å². The van der Waals surface area contributed by atoms with E-state index in [-0.39, 0.29) is 27.8 Å². The highest BCUT2D eigenvalue weighted by atomic mass is 35.5. The van der Waals surface area contributed by atoms with E-state index in [1.807, 2.05) is 6.92 Å². The van der Waals surface area contributed by atoms with Gasteiger partial charge >= 0.3 is 5.97 Å². The van der Waals surface area contributed by atoms with Crippen molar-refractivity contribution in [2.75, 3.05) is 11.3 Å². The highest BCUT2D eigenvalue weighted by molar-refractivity contribution is 7.92. The molecular formula is C16H16ClNO4S. The van der Waals surface area contributed by atoms with Gasteiger partial charge in [-0.1, -0.05) is 29.3 Å². The summed E-state index contributed by atoms with van der Waals surface area (Å²) in [6, 6.07) is 10.7. The number of halogens is 1. The first-order chi connectivity index (χ1) is 10.8. The quantitative estimate of drug-likeness (QED) is 0.833. The zero-order chi connectivity index (χ0) is 17.0. The predicted octanol–water partition coefficient (Wildman–Crippen LogP) is 3.63. The third-order valence-electron chi connectivity index (χ3n) is 3.06. The van der Waals surface area contributed by atoms with E-state index in [1.54, 1.807) is 19.1 Å². The number of aryl methyl sites for hydroxylation is 1. The molecule has 0 aliphatic carbocycles. The topological polar surface area (TPSA) is 72.5 Å². The third-order valence-corrected chi connectivity index (χ3v) is 4.75. The Morgan fingerprint density at radius 3 is 2.39 bits per heavy atom. The van der Waals surface area contributed by atoms with Crippen LogP contribution in [-0.4, -0.2) is 21.0 Å². The molecule has 0 fully saturated rings. The second-order valence-electron chi connectivity index (χ2n) is 4.83. The Balaban J connectivity index is 2.26. The van der Waals surface area contributed by atoms with Gasteiger partial charge in [-0.2, -0.15) is 0 Å².